The molecule has 5 rings (SSSR count). The third kappa shape index (κ3) is 4.65. The van der Waals surface area contributed by atoms with E-state index in [1.807, 2.05) is 35.5 Å². The number of methoxy groups -OCH3 is 1. The first-order chi connectivity index (χ1) is 16.2. The molecule has 1 N–H and O–H groups in total. The fourth-order valence-electron chi connectivity index (χ4n) is 4.95. The van der Waals surface area contributed by atoms with Gasteiger partial charge in [0.15, 0.2) is 17.3 Å². The number of amides is 1. The van der Waals surface area contributed by atoms with Gasteiger partial charge in [-0.15, -0.1) is 0 Å². The van der Waals surface area contributed by atoms with Gasteiger partial charge in [0.2, 0.25) is 5.91 Å². The molecule has 3 heterocycles. The molecule has 0 unspecified atom stereocenters. The number of hydrogen-bond acceptors (Lipinski definition) is 6. The van der Waals surface area contributed by atoms with Gasteiger partial charge in [-0.25, -0.2) is 15.0 Å². The summed E-state index contributed by atoms with van der Waals surface area (Å²) < 4.78 is 7.55. The normalized spacial score (nSPS) is 17.1. The molecule has 33 heavy (non-hydrogen) atoms. The van der Waals surface area contributed by atoms with Gasteiger partial charge < -0.3 is 19.5 Å². The highest BCUT2D eigenvalue weighted by Crippen LogP contribution is 2.32. The Kier molecular flexibility index (Phi) is 6.41. The van der Waals surface area contributed by atoms with Crippen molar-refractivity contribution in [3.63, 3.8) is 0 Å². The molecular weight excluding hydrogens is 416 g/mol. The lowest BCUT2D eigenvalue weighted by Crippen LogP contribution is -2.27. The number of hydrogen-bond donors (Lipinski definition) is 1. The van der Waals surface area contributed by atoms with Gasteiger partial charge in [-0.05, 0) is 49.9 Å². The largest absolute Gasteiger partial charge is 0.497 e. The minimum Gasteiger partial charge on any atom is -0.497 e. The summed E-state index contributed by atoms with van der Waals surface area (Å²) in [4.78, 5) is 28.4. The summed E-state index contributed by atoms with van der Waals surface area (Å²) in [6.45, 7) is 2.39. The molecule has 2 aliphatic rings. The Balaban J connectivity index is 1.42. The number of fused-ring (bicyclic) bond motifs is 1. The van der Waals surface area contributed by atoms with E-state index in [1.165, 1.54) is 32.1 Å². The van der Waals surface area contributed by atoms with Gasteiger partial charge >= 0.3 is 0 Å². The second-order valence-electron chi connectivity index (χ2n) is 9.00. The van der Waals surface area contributed by atoms with Crippen molar-refractivity contribution in [2.45, 2.75) is 57.4 Å². The number of nitrogens with one attached hydrogen (secondary N) is 1. The maximum absolute atomic E-state index is 11.9. The van der Waals surface area contributed by atoms with Crippen molar-refractivity contribution < 1.29 is 9.53 Å². The third-order valence-electron chi connectivity index (χ3n) is 6.81. The molecule has 1 saturated carbocycles. The molecule has 2 aromatic heterocycles. The van der Waals surface area contributed by atoms with E-state index in [1.54, 1.807) is 7.11 Å². The number of nitrogens with zero attached hydrogens (tertiary/aromatic N) is 5. The molecule has 0 atom stereocenters. The average molecular weight is 449 g/mol. The minimum absolute atomic E-state index is 0.271. The predicted molar refractivity (Wildman–Crippen MR) is 128 cm³/mol. The van der Waals surface area contributed by atoms with Crippen LogP contribution in [-0.4, -0.2) is 57.1 Å². The van der Waals surface area contributed by atoms with Crippen LogP contribution in [0.2, 0.25) is 0 Å². The maximum atomic E-state index is 11.9. The summed E-state index contributed by atoms with van der Waals surface area (Å²) in [5.41, 5.74) is 2.65. The summed E-state index contributed by atoms with van der Waals surface area (Å²) in [7, 11) is 1.66. The highest BCUT2D eigenvalue weighted by molar-refractivity contribution is 5.85. The minimum atomic E-state index is 0.271. The summed E-state index contributed by atoms with van der Waals surface area (Å²) in [5.74, 6) is 2.52. The fourth-order valence-corrected chi connectivity index (χ4v) is 4.95. The zero-order valence-corrected chi connectivity index (χ0v) is 19.3. The summed E-state index contributed by atoms with van der Waals surface area (Å²) in [6.07, 6.45) is 10.6. The van der Waals surface area contributed by atoms with Gasteiger partial charge in [-0.1, -0.05) is 19.3 Å². The number of carbonyl (C=O) groups excluding carboxylic acids is 1. The van der Waals surface area contributed by atoms with E-state index in [9.17, 15) is 4.79 Å². The smallest absolute Gasteiger partial charge is 0.222 e. The molecule has 3 aromatic rings. The molecule has 1 saturated heterocycles. The van der Waals surface area contributed by atoms with Gasteiger partial charge in [0, 0.05) is 37.7 Å². The van der Waals surface area contributed by atoms with Crippen molar-refractivity contribution >= 4 is 22.9 Å². The molecule has 8 heteroatoms. The van der Waals surface area contributed by atoms with E-state index in [0.717, 1.165) is 60.8 Å². The van der Waals surface area contributed by atoms with Crippen LogP contribution >= 0.6 is 0 Å². The Bertz CT molecular complexity index is 1100. The van der Waals surface area contributed by atoms with Crippen LogP contribution in [0, 0.1) is 0 Å². The highest BCUT2D eigenvalue weighted by atomic mass is 16.5. The molecule has 1 aliphatic carbocycles. The van der Waals surface area contributed by atoms with Crippen molar-refractivity contribution in [2.75, 3.05) is 32.1 Å². The van der Waals surface area contributed by atoms with E-state index in [4.69, 9.17) is 19.7 Å². The lowest BCUT2D eigenvalue weighted by atomic mass is 9.95. The number of imidazole rings is 1. The van der Waals surface area contributed by atoms with Gasteiger partial charge in [-0.3, -0.25) is 4.79 Å². The Hall–Kier alpha value is -3.16. The van der Waals surface area contributed by atoms with Crippen LogP contribution in [0.4, 0.5) is 5.82 Å². The Morgan fingerprint density at radius 3 is 2.64 bits per heavy atom. The van der Waals surface area contributed by atoms with Crippen LogP contribution < -0.4 is 10.1 Å². The first-order valence-corrected chi connectivity index (χ1v) is 12.1. The number of ether oxygens (including phenoxy) is 1. The molecule has 1 aromatic carbocycles. The standard InChI is InChI=1S/C25H32N6O2/c1-33-20-12-10-18(11-13-20)23-28-24(26-14-6-16-30-15-5-9-21(30)32)22-25(29-23)31(17-27-22)19-7-3-2-4-8-19/h10-13,17,19H,2-9,14-16H2,1H3,(H,26,28,29). The fraction of sp³-hybridized carbons (Fsp3) is 0.520. The van der Waals surface area contributed by atoms with Gasteiger partial charge in [0.05, 0.1) is 13.4 Å². The van der Waals surface area contributed by atoms with Crippen molar-refractivity contribution in [1.82, 2.24) is 24.4 Å². The monoisotopic (exact) mass is 448 g/mol. The molecule has 2 fully saturated rings. The molecule has 1 aliphatic heterocycles. The van der Waals surface area contributed by atoms with Crippen LogP contribution in [0.1, 0.15) is 57.4 Å². The van der Waals surface area contributed by atoms with Crippen LogP contribution in [0.3, 0.4) is 0 Å². The number of likely N-dealkylation sites (tertiary alicyclic amines) is 1. The van der Waals surface area contributed by atoms with Crippen molar-refractivity contribution in [3.8, 4) is 17.1 Å². The van der Waals surface area contributed by atoms with Crippen LogP contribution in [0.5, 0.6) is 5.75 Å². The van der Waals surface area contributed by atoms with E-state index in [0.29, 0.717) is 18.3 Å². The topological polar surface area (TPSA) is 85.2 Å². The molecule has 0 radical (unpaired) electrons. The quantitative estimate of drug-likeness (QED) is 0.513. The molecule has 0 bridgehead atoms. The third-order valence-corrected chi connectivity index (χ3v) is 6.81. The van der Waals surface area contributed by atoms with E-state index in [2.05, 4.69) is 9.88 Å². The Morgan fingerprint density at radius 2 is 1.91 bits per heavy atom. The summed E-state index contributed by atoms with van der Waals surface area (Å²) >= 11 is 0. The zero-order chi connectivity index (χ0) is 22.6. The van der Waals surface area contributed by atoms with Gasteiger partial charge in [-0.2, -0.15) is 0 Å². The summed E-state index contributed by atoms with van der Waals surface area (Å²) in [6, 6.07) is 8.29. The lowest BCUT2D eigenvalue weighted by Gasteiger charge is -2.23. The van der Waals surface area contributed by atoms with Gasteiger partial charge in [0.25, 0.3) is 0 Å². The number of carbonyl (C=O) groups is 1. The van der Waals surface area contributed by atoms with Gasteiger partial charge in [0.1, 0.15) is 11.3 Å². The van der Waals surface area contributed by atoms with Crippen LogP contribution in [-0.2, 0) is 4.79 Å². The van der Waals surface area contributed by atoms with E-state index < -0.39 is 0 Å². The van der Waals surface area contributed by atoms with Crippen molar-refractivity contribution in [2.24, 2.45) is 0 Å². The van der Waals surface area contributed by atoms with Crippen molar-refractivity contribution in [3.05, 3.63) is 30.6 Å². The first kappa shape index (κ1) is 21.7. The average Bonchev–Trinajstić information content (AvgIpc) is 3.48. The Labute approximate surface area is 194 Å². The van der Waals surface area contributed by atoms with Crippen LogP contribution in [0.25, 0.3) is 22.6 Å². The maximum Gasteiger partial charge on any atom is 0.222 e. The summed E-state index contributed by atoms with van der Waals surface area (Å²) in [5, 5.41) is 3.49. The van der Waals surface area contributed by atoms with Crippen molar-refractivity contribution in [1.29, 1.82) is 0 Å². The number of rotatable bonds is 8. The molecule has 0 spiro atoms. The Morgan fingerprint density at radius 1 is 1.09 bits per heavy atom. The number of benzene rings is 1. The number of aromatic nitrogens is 4. The lowest BCUT2D eigenvalue weighted by molar-refractivity contribution is -0.127. The van der Waals surface area contributed by atoms with E-state index >= 15 is 0 Å². The molecule has 174 valence electrons. The predicted octanol–water partition coefficient (Wildman–Crippen LogP) is 4.43. The second kappa shape index (κ2) is 9.77. The molecular formula is C25H32N6O2. The van der Waals surface area contributed by atoms with E-state index in [-0.39, 0.29) is 5.91 Å². The molecule has 1 amide bonds. The van der Waals surface area contributed by atoms with Crippen LogP contribution in [0.15, 0.2) is 30.6 Å². The SMILES string of the molecule is COc1ccc(-c2nc(NCCCN3CCCC3=O)c3ncn(C4CCCCC4)c3n2)cc1. The highest BCUT2D eigenvalue weighted by Gasteiger charge is 2.22. The number of anilines is 1. The molecule has 8 nitrogen and oxygen atoms in total. The second-order valence-corrected chi connectivity index (χ2v) is 9.00. The zero-order valence-electron chi connectivity index (χ0n) is 19.3. The first-order valence-electron chi connectivity index (χ1n) is 12.1.